The van der Waals surface area contributed by atoms with Crippen LogP contribution in [0.2, 0.25) is 0 Å². The Kier molecular flexibility index (Phi) is 8.64. The molecule has 1 aromatic carbocycles. The monoisotopic (exact) mass is 491 g/mol. The number of hydrogen-bond acceptors (Lipinski definition) is 9. The first-order valence-electron chi connectivity index (χ1n) is 12.0. The summed E-state index contributed by atoms with van der Waals surface area (Å²) in [5, 5.41) is 6.80. The van der Waals surface area contributed by atoms with Gasteiger partial charge >= 0.3 is 0 Å². The lowest BCUT2D eigenvalue weighted by Crippen LogP contribution is -2.10. The summed E-state index contributed by atoms with van der Waals surface area (Å²) in [6.45, 7) is 7.31. The van der Waals surface area contributed by atoms with Gasteiger partial charge in [0.05, 0.1) is 13.2 Å². The van der Waals surface area contributed by atoms with Gasteiger partial charge in [0, 0.05) is 46.1 Å². The summed E-state index contributed by atoms with van der Waals surface area (Å²) in [6, 6.07) is 12.0. The molecule has 0 fully saturated rings. The molecule has 0 spiro atoms. The largest absolute Gasteiger partial charge is 0.475 e. The molecule has 3 heterocycles. The number of anilines is 2. The van der Waals surface area contributed by atoms with Crippen molar-refractivity contribution in [1.29, 1.82) is 0 Å². The maximum atomic E-state index is 5.63. The third kappa shape index (κ3) is 6.27. The van der Waals surface area contributed by atoms with Crippen molar-refractivity contribution in [2.75, 3.05) is 37.6 Å². The second kappa shape index (κ2) is 12.3. The highest BCUT2D eigenvalue weighted by Crippen LogP contribution is 2.24. The highest BCUT2D eigenvalue weighted by molar-refractivity contribution is 5.85. The van der Waals surface area contributed by atoms with Crippen molar-refractivity contribution in [2.24, 2.45) is 7.05 Å². The molecule has 10 nitrogen and oxygen atoms in total. The Labute approximate surface area is 211 Å². The molecule has 0 aliphatic carbocycles. The normalized spacial score (nSPS) is 11.1. The van der Waals surface area contributed by atoms with Gasteiger partial charge in [-0.1, -0.05) is 30.3 Å². The predicted octanol–water partition coefficient (Wildman–Crippen LogP) is 3.85. The first kappa shape index (κ1) is 25.3. The number of imidazole rings is 1. The molecule has 36 heavy (non-hydrogen) atoms. The van der Waals surface area contributed by atoms with Crippen LogP contribution in [0.5, 0.6) is 5.88 Å². The number of pyridine rings is 1. The molecule has 10 heteroatoms. The summed E-state index contributed by atoms with van der Waals surface area (Å²) < 4.78 is 18.2. The average molecular weight is 492 g/mol. The van der Waals surface area contributed by atoms with Crippen molar-refractivity contribution >= 4 is 22.9 Å². The molecule has 2 N–H and O–H groups in total. The van der Waals surface area contributed by atoms with Crippen molar-refractivity contribution in [3.8, 4) is 5.88 Å². The number of aryl methyl sites for hydroxylation is 2. The zero-order valence-corrected chi connectivity index (χ0v) is 21.2. The molecule has 0 atom stereocenters. The van der Waals surface area contributed by atoms with Crippen LogP contribution in [0.4, 0.5) is 11.8 Å². The fraction of sp³-hybridized carbons (Fsp3) is 0.385. The maximum absolute atomic E-state index is 5.63. The van der Waals surface area contributed by atoms with Crippen LogP contribution in [0.25, 0.3) is 11.2 Å². The van der Waals surface area contributed by atoms with Crippen LogP contribution in [0.3, 0.4) is 0 Å². The van der Waals surface area contributed by atoms with Crippen molar-refractivity contribution in [2.45, 2.75) is 33.5 Å². The third-order valence-electron chi connectivity index (χ3n) is 5.77. The Morgan fingerprint density at radius 2 is 1.78 bits per heavy atom. The average Bonchev–Trinajstić information content (AvgIpc) is 3.19. The van der Waals surface area contributed by atoms with Crippen LogP contribution >= 0.6 is 0 Å². The number of rotatable bonds is 13. The van der Waals surface area contributed by atoms with Crippen LogP contribution in [0.15, 0.2) is 42.6 Å². The summed E-state index contributed by atoms with van der Waals surface area (Å²) in [6.07, 6.45) is 1.77. The molecule has 3 aromatic heterocycles. The molecular formula is C26H33N7O3. The minimum atomic E-state index is 0.463. The van der Waals surface area contributed by atoms with E-state index in [4.69, 9.17) is 19.2 Å². The van der Waals surface area contributed by atoms with E-state index in [-0.39, 0.29) is 0 Å². The van der Waals surface area contributed by atoms with Gasteiger partial charge in [0.2, 0.25) is 11.8 Å². The zero-order chi connectivity index (χ0) is 25.3. The summed E-state index contributed by atoms with van der Waals surface area (Å²) >= 11 is 0. The van der Waals surface area contributed by atoms with Gasteiger partial charge in [-0.2, -0.15) is 9.97 Å². The highest BCUT2D eigenvalue weighted by atomic mass is 16.5. The summed E-state index contributed by atoms with van der Waals surface area (Å²) in [5.74, 6) is 2.64. The summed E-state index contributed by atoms with van der Waals surface area (Å²) in [4.78, 5) is 18.4. The van der Waals surface area contributed by atoms with Crippen molar-refractivity contribution in [1.82, 2.24) is 24.5 Å². The predicted molar refractivity (Wildman–Crippen MR) is 139 cm³/mol. The molecule has 0 bridgehead atoms. The molecule has 0 unspecified atom stereocenters. The molecule has 190 valence electrons. The Morgan fingerprint density at radius 1 is 0.944 bits per heavy atom. The van der Waals surface area contributed by atoms with E-state index in [1.165, 1.54) is 0 Å². The van der Waals surface area contributed by atoms with Gasteiger partial charge in [0.25, 0.3) is 0 Å². The third-order valence-corrected chi connectivity index (χ3v) is 5.77. The second-order valence-corrected chi connectivity index (χ2v) is 8.24. The Morgan fingerprint density at radius 3 is 2.53 bits per heavy atom. The molecule has 0 amide bonds. The van der Waals surface area contributed by atoms with E-state index in [0.29, 0.717) is 57.0 Å². The van der Waals surface area contributed by atoms with Gasteiger partial charge in [0.1, 0.15) is 17.9 Å². The fourth-order valence-electron chi connectivity index (χ4n) is 3.70. The molecule has 0 saturated carbocycles. The number of hydrogen-bond donors (Lipinski definition) is 2. The number of nitrogens with zero attached hydrogens (tertiary/aromatic N) is 5. The van der Waals surface area contributed by atoms with Crippen LogP contribution in [-0.4, -0.2) is 51.4 Å². The van der Waals surface area contributed by atoms with E-state index in [9.17, 15) is 0 Å². The number of ether oxygens (including phenoxy) is 3. The molecule has 0 aliphatic rings. The van der Waals surface area contributed by atoms with Gasteiger partial charge in [-0.25, -0.2) is 9.97 Å². The van der Waals surface area contributed by atoms with Crippen LogP contribution in [-0.2, 0) is 36.2 Å². The molecule has 4 aromatic rings. The topological polar surface area (TPSA) is 108 Å². The van der Waals surface area contributed by atoms with Crippen LogP contribution < -0.4 is 15.4 Å². The lowest BCUT2D eigenvalue weighted by Gasteiger charge is -2.13. The molecule has 0 aliphatic heterocycles. The van der Waals surface area contributed by atoms with E-state index < -0.39 is 0 Å². The van der Waals surface area contributed by atoms with Crippen LogP contribution in [0.1, 0.15) is 29.4 Å². The molecule has 4 rings (SSSR count). The van der Waals surface area contributed by atoms with E-state index in [0.717, 1.165) is 33.8 Å². The maximum Gasteiger partial charge on any atom is 0.227 e. The van der Waals surface area contributed by atoms with Gasteiger partial charge in [-0.3, -0.25) is 0 Å². The SMILES string of the molecule is CCOCc1ccccc1CNc1nc(NCc2ccc(OCCOC)nc2)nc2nc(C)n(C)c12. The van der Waals surface area contributed by atoms with Crippen molar-refractivity contribution < 1.29 is 14.2 Å². The number of benzene rings is 1. The zero-order valence-electron chi connectivity index (χ0n) is 21.2. The first-order chi connectivity index (χ1) is 17.6. The Balaban J connectivity index is 1.50. The van der Waals surface area contributed by atoms with Crippen LogP contribution in [0, 0.1) is 6.92 Å². The first-order valence-corrected chi connectivity index (χ1v) is 12.0. The summed E-state index contributed by atoms with van der Waals surface area (Å²) in [5.41, 5.74) is 4.79. The van der Waals surface area contributed by atoms with Gasteiger partial charge in [-0.05, 0) is 30.5 Å². The molecule has 0 radical (unpaired) electrons. The lowest BCUT2D eigenvalue weighted by molar-refractivity contribution is 0.133. The van der Waals surface area contributed by atoms with Crippen molar-refractivity contribution in [3.63, 3.8) is 0 Å². The minimum Gasteiger partial charge on any atom is -0.475 e. The van der Waals surface area contributed by atoms with Gasteiger partial charge in [0.15, 0.2) is 11.5 Å². The number of methoxy groups -OCH3 is 1. The molecular weight excluding hydrogens is 458 g/mol. The lowest BCUT2D eigenvalue weighted by atomic mass is 10.1. The quantitative estimate of drug-likeness (QED) is 0.270. The van der Waals surface area contributed by atoms with E-state index >= 15 is 0 Å². The number of aromatic nitrogens is 5. The molecule has 0 saturated heterocycles. The van der Waals surface area contributed by atoms with Crippen molar-refractivity contribution in [3.05, 3.63) is 65.1 Å². The highest BCUT2D eigenvalue weighted by Gasteiger charge is 2.15. The fourth-order valence-corrected chi connectivity index (χ4v) is 3.70. The van der Waals surface area contributed by atoms with Gasteiger partial charge in [-0.15, -0.1) is 0 Å². The van der Waals surface area contributed by atoms with Gasteiger partial charge < -0.3 is 29.4 Å². The minimum absolute atomic E-state index is 0.463. The number of fused-ring (bicyclic) bond motifs is 1. The van der Waals surface area contributed by atoms with E-state index in [1.54, 1.807) is 13.3 Å². The Hall–Kier alpha value is -3.76. The summed E-state index contributed by atoms with van der Waals surface area (Å²) in [7, 11) is 3.61. The standard InChI is InChI=1S/C26H33N7O3/c1-5-35-17-21-9-7-6-8-20(21)16-28-24-23-25(30-18(2)33(23)3)32-26(31-24)29-15-19-10-11-22(27-14-19)36-13-12-34-4/h6-11,14H,5,12-13,15-17H2,1-4H3,(H2,28,29,31,32). The smallest absolute Gasteiger partial charge is 0.227 e. The Bertz CT molecular complexity index is 1270. The second-order valence-electron chi connectivity index (χ2n) is 8.24. The number of nitrogens with one attached hydrogen (secondary N) is 2. The van der Waals surface area contributed by atoms with E-state index in [1.807, 2.05) is 49.7 Å². The van der Waals surface area contributed by atoms with E-state index in [2.05, 4.69) is 37.7 Å².